The van der Waals surface area contributed by atoms with Crippen molar-refractivity contribution in [2.45, 2.75) is 38.5 Å². The van der Waals surface area contributed by atoms with Crippen LogP contribution in [0.15, 0.2) is 16.7 Å². The van der Waals surface area contributed by atoms with Gasteiger partial charge in [0.15, 0.2) is 0 Å². The number of amides is 1. The largest absolute Gasteiger partial charge is 0.406 e. The van der Waals surface area contributed by atoms with Gasteiger partial charge in [0.25, 0.3) is 5.91 Å². The maximum Gasteiger partial charge on any atom is 0.406 e. The summed E-state index contributed by atoms with van der Waals surface area (Å²) in [7, 11) is 0. The van der Waals surface area contributed by atoms with E-state index in [1.807, 2.05) is 6.92 Å². The molecule has 1 amide bonds. The summed E-state index contributed by atoms with van der Waals surface area (Å²) >= 11 is 3.24. The predicted molar refractivity (Wildman–Crippen MR) is 67.9 cm³/mol. The van der Waals surface area contributed by atoms with Gasteiger partial charge in [-0.1, -0.05) is 0 Å². The summed E-state index contributed by atoms with van der Waals surface area (Å²) < 4.78 is 40.0. The van der Waals surface area contributed by atoms with Crippen molar-refractivity contribution in [3.05, 3.63) is 22.4 Å². The number of hydrogen-bond acceptors (Lipinski definition) is 1. The first-order valence-electron chi connectivity index (χ1n) is 6.05. The second-order valence-electron chi connectivity index (χ2n) is 4.61. The monoisotopic (exact) mass is 338 g/mol. The molecule has 1 heterocycles. The van der Waals surface area contributed by atoms with Gasteiger partial charge in [-0.3, -0.25) is 4.79 Å². The molecular weight excluding hydrogens is 325 g/mol. The Balaban J connectivity index is 2.23. The highest BCUT2D eigenvalue weighted by Crippen LogP contribution is 2.32. The Hall–Kier alpha value is -0.980. The van der Waals surface area contributed by atoms with Crippen LogP contribution < -0.4 is 0 Å². The van der Waals surface area contributed by atoms with Crippen molar-refractivity contribution in [3.63, 3.8) is 0 Å². The van der Waals surface area contributed by atoms with Crippen LogP contribution in [0.3, 0.4) is 0 Å². The maximum absolute atomic E-state index is 12.5. The number of halogens is 4. The third-order valence-electron chi connectivity index (χ3n) is 3.02. The molecule has 106 valence electrons. The number of nitrogens with zero attached hydrogens (tertiary/aromatic N) is 2. The molecule has 0 aromatic carbocycles. The number of carbonyl (C=O) groups is 1. The summed E-state index contributed by atoms with van der Waals surface area (Å²) in [5.41, 5.74) is 0.297. The smallest absolute Gasteiger partial charge is 0.343 e. The minimum Gasteiger partial charge on any atom is -0.343 e. The lowest BCUT2D eigenvalue weighted by Crippen LogP contribution is -2.41. The third kappa shape index (κ3) is 3.52. The Bertz CT molecular complexity index is 480. The standard InChI is InChI=1S/C12H14BrF3N2O/c1-2-17-6-8(13)5-10(17)11(19)18(9-3-4-9)7-12(14,15)16/h5-6,9H,2-4,7H2,1H3. The van der Waals surface area contributed by atoms with Crippen molar-refractivity contribution < 1.29 is 18.0 Å². The van der Waals surface area contributed by atoms with Gasteiger partial charge in [-0.15, -0.1) is 0 Å². The highest BCUT2D eigenvalue weighted by Gasteiger charge is 2.41. The van der Waals surface area contributed by atoms with Crippen molar-refractivity contribution in [2.75, 3.05) is 6.54 Å². The van der Waals surface area contributed by atoms with Crippen molar-refractivity contribution in [1.29, 1.82) is 0 Å². The van der Waals surface area contributed by atoms with E-state index in [1.54, 1.807) is 16.8 Å². The quantitative estimate of drug-likeness (QED) is 0.825. The molecule has 1 aliphatic rings. The zero-order chi connectivity index (χ0) is 14.2. The molecule has 7 heteroatoms. The molecule has 0 aliphatic heterocycles. The summed E-state index contributed by atoms with van der Waals surface area (Å²) in [6.07, 6.45) is -1.36. The van der Waals surface area contributed by atoms with Crippen LogP contribution in [0.5, 0.6) is 0 Å². The molecule has 0 atom stereocenters. The summed E-state index contributed by atoms with van der Waals surface area (Å²) in [6, 6.07) is 1.30. The summed E-state index contributed by atoms with van der Waals surface area (Å²) in [4.78, 5) is 13.2. The van der Waals surface area contributed by atoms with Gasteiger partial charge in [0.2, 0.25) is 0 Å². The first-order valence-corrected chi connectivity index (χ1v) is 6.84. The van der Waals surface area contributed by atoms with Gasteiger partial charge >= 0.3 is 6.18 Å². The number of aromatic nitrogens is 1. The van der Waals surface area contributed by atoms with Gasteiger partial charge in [0.05, 0.1) is 0 Å². The van der Waals surface area contributed by atoms with Gasteiger partial charge in [-0.2, -0.15) is 13.2 Å². The lowest BCUT2D eigenvalue weighted by Gasteiger charge is -2.24. The van der Waals surface area contributed by atoms with Gasteiger partial charge in [-0.05, 0) is 41.8 Å². The number of hydrogen-bond donors (Lipinski definition) is 0. The minimum absolute atomic E-state index is 0.270. The van der Waals surface area contributed by atoms with Crippen molar-refractivity contribution >= 4 is 21.8 Å². The van der Waals surface area contributed by atoms with Crippen molar-refractivity contribution in [1.82, 2.24) is 9.47 Å². The molecule has 3 nitrogen and oxygen atoms in total. The zero-order valence-corrected chi connectivity index (χ0v) is 12.0. The van der Waals surface area contributed by atoms with Crippen LogP contribution in [0.4, 0.5) is 13.2 Å². The molecule has 1 aromatic rings. The number of aryl methyl sites for hydroxylation is 1. The minimum atomic E-state index is -4.36. The van der Waals surface area contributed by atoms with E-state index in [-0.39, 0.29) is 6.04 Å². The summed E-state index contributed by atoms with van der Waals surface area (Å²) in [5.74, 6) is -0.549. The molecule has 0 spiro atoms. The van der Waals surface area contributed by atoms with E-state index in [9.17, 15) is 18.0 Å². The number of alkyl halides is 3. The Labute approximate surface area is 117 Å². The van der Waals surface area contributed by atoms with E-state index in [1.165, 1.54) is 0 Å². The predicted octanol–water partition coefficient (Wildman–Crippen LogP) is 3.44. The van der Waals surface area contributed by atoms with Gasteiger partial charge < -0.3 is 9.47 Å². The molecule has 1 aromatic heterocycles. The van der Waals surface area contributed by atoms with Crippen LogP contribution in [0.2, 0.25) is 0 Å². The van der Waals surface area contributed by atoms with Crippen LogP contribution >= 0.6 is 15.9 Å². The molecule has 1 aliphatic carbocycles. The van der Waals surface area contributed by atoms with E-state index in [4.69, 9.17) is 0 Å². The second-order valence-corrected chi connectivity index (χ2v) is 5.52. The van der Waals surface area contributed by atoms with Gasteiger partial charge in [0, 0.05) is 23.3 Å². The molecule has 0 bridgehead atoms. The highest BCUT2D eigenvalue weighted by atomic mass is 79.9. The average Bonchev–Trinajstić information content (AvgIpc) is 3.07. The van der Waals surface area contributed by atoms with Crippen molar-refractivity contribution in [2.24, 2.45) is 0 Å². The lowest BCUT2D eigenvalue weighted by molar-refractivity contribution is -0.141. The Morgan fingerprint density at radius 1 is 1.53 bits per heavy atom. The fourth-order valence-corrected chi connectivity index (χ4v) is 2.47. The summed E-state index contributed by atoms with van der Waals surface area (Å²) in [6.45, 7) is 1.20. The average molecular weight is 339 g/mol. The number of carbonyl (C=O) groups excluding carboxylic acids is 1. The second kappa shape index (κ2) is 5.19. The molecule has 0 unspecified atom stereocenters. The SMILES string of the molecule is CCn1cc(Br)cc1C(=O)N(CC(F)(F)F)C1CC1. The molecule has 1 saturated carbocycles. The lowest BCUT2D eigenvalue weighted by atomic mass is 10.3. The Morgan fingerprint density at radius 3 is 2.63 bits per heavy atom. The van der Waals surface area contributed by atoms with Crippen LogP contribution in [0.1, 0.15) is 30.3 Å². The summed E-state index contributed by atoms with van der Waals surface area (Å²) in [5, 5.41) is 0. The van der Waals surface area contributed by atoms with E-state index in [0.29, 0.717) is 29.6 Å². The zero-order valence-electron chi connectivity index (χ0n) is 10.4. The van der Waals surface area contributed by atoms with Gasteiger partial charge in [0.1, 0.15) is 12.2 Å². The third-order valence-corrected chi connectivity index (χ3v) is 3.45. The molecular formula is C12H14BrF3N2O. The Morgan fingerprint density at radius 2 is 2.16 bits per heavy atom. The van der Waals surface area contributed by atoms with Crippen LogP contribution in [0, 0.1) is 0 Å². The maximum atomic E-state index is 12.5. The fourth-order valence-electron chi connectivity index (χ4n) is 2.01. The molecule has 1 fully saturated rings. The molecule has 0 saturated heterocycles. The van der Waals surface area contributed by atoms with Crippen LogP contribution in [0.25, 0.3) is 0 Å². The van der Waals surface area contributed by atoms with E-state index in [2.05, 4.69) is 15.9 Å². The van der Waals surface area contributed by atoms with E-state index >= 15 is 0 Å². The Kier molecular flexibility index (Phi) is 3.94. The topological polar surface area (TPSA) is 25.2 Å². The molecule has 2 rings (SSSR count). The fraction of sp³-hybridized carbons (Fsp3) is 0.583. The number of rotatable bonds is 4. The van der Waals surface area contributed by atoms with Crippen molar-refractivity contribution in [3.8, 4) is 0 Å². The first-order chi connectivity index (χ1) is 8.81. The van der Waals surface area contributed by atoms with E-state index < -0.39 is 18.6 Å². The van der Waals surface area contributed by atoms with Crippen LogP contribution in [-0.2, 0) is 6.54 Å². The van der Waals surface area contributed by atoms with E-state index in [0.717, 1.165) is 4.90 Å². The highest BCUT2D eigenvalue weighted by molar-refractivity contribution is 9.10. The normalized spacial score (nSPS) is 15.6. The molecule has 0 N–H and O–H groups in total. The first kappa shape index (κ1) is 14.4. The molecule has 0 radical (unpaired) electrons. The van der Waals surface area contributed by atoms with Crippen LogP contribution in [-0.4, -0.2) is 34.1 Å². The van der Waals surface area contributed by atoms with Gasteiger partial charge in [-0.25, -0.2) is 0 Å². The molecule has 19 heavy (non-hydrogen) atoms.